The Bertz CT molecular complexity index is 657. The van der Waals surface area contributed by atoms with Gasteiger partial charge in [0.1, 0.15) is 23.9 Å². The monoisotopic (exact) mass is 285 g/mol. The van der Waals surface area contributed by atoms with Gasteiger partial charge in [-0.2, -0.15) is 0 Å². The van der Waals surface area contributed by atoms with Crippen molar-refractivity contribution in [2.75, 3.05) is 13.7 Å². The van der Waals surface area contributed by atoms with E-state index in [4.69, 9.17) is 15.2 Å². The predicted molar refractivity (Wildman–Crippen MR) is 79.7 cm³/mol. The van der Waals surface area contributed by atoms with Crippen LogP contribution in [-0.4, -0.2) is 13.7 Å². The number of methoxy groups -OCH3 is 1. The van der Waals surface area contributed by atoms with Gasteiger partial charge in [0.05, 0.1) is 19.2 Å². The number of benzene rings is 2. The van der Waals surface area contributed by atoms with Gasteiger partial charge < -0.3 is 15.2 Å². The normalized spacial score (nSPS) is 9.67. The Morgan fingerprint density at radius 2 is 1.81 bits per heavy atom. The van der Waals surface area contributed by atoms with Crippen LogP contribution in [0.2, 0.25) is 0 Å². The van der Waals surface area contributed by atoms with E-state index in [2.05, 4.69) is 11.8 Å². The molecule has 0 spiro atoms. The molecule has 0 unspecified atom stereocenters. The van der Waals surface area contributed by atoms with Crippen molar-refractivity contribution in [2.24, 2.45) is 5.73 Å². The first-order chi connectivity index (χ1) is 10.2. The Labute approximate surface area is 123 Å². The van der Waals surface area contributed by atoms with Crippen LogP contribution < -0.4 is 15.2 Å². The number of halogens is 1. The lowest BCUT2D eigenvalue weighted by Gasteiger charge is -2.07. The molecule has 2 aromatic rings. The van der Waals surface area contributed by atoms with Gasteiger partial charge in [0.2, 0.25) is 0 Å². The molecule has 0 heterocycles. The molecule has 21 heavy (non-hydrogen) atoms. The van der Waals surface area contributed by atoms with Crippen molar-refractivity contribution in [2.45, 2.75) is 6.61 Å². The van der Waals surface area contributed by atoms with E-state index in [1.165, 1.54) is 6.07 Å². The summed E-state index contributed by atoms with van der Waals surface area (Å²) in [5.74, 6) is 6.12. The minimum Gasteiger partial charge on any atom is -0.497 e. The fraction of sp³-hybridized carbons (Fsp3) is 0.176. The van der Waals surface area contributed by atoms with Crippen LogP contribution in [0.5, 0.6) is 11.5 Å². The van der Waals surface area contributed by atoms with E-state index >= 15 is 0 Å². The van der Waals surface area contributed by atoms with E-state index in [0.717, 1.165) is 11.3 Å². The predicted octanol–water partition coefficient (Wildman–Crippen LogP) is 2.72. The highest BCUT2D eigenvalue weighted by molar-refractivity contribution is 5.40. The van der Waals surface area contributed by atoms with Crippen LogP contribution in [0.1, 0.15) is 11.1 Å². The van der Waals surface area contributed by atoms with Gasteiger partial charge in [0.25, 0.3) is 0 Å². The molecule has 2 aromatic carbocycles. The van der Waals surface area contributed by atoms with Crippen molar-refractivity contribution in [1.29, 1.82) is 0 Å². The highest BCUT2D eigenvalue weighted by Gasteiger charge is 2.03. The molecule has 4 heteroatoms. The number of hydrogen-bond acceptors (Lipinski definition) is 3. The van der Waals surface area contributed by atoms with E-state index in [1.54, 1.807) is 19.2 Å². The Hall–Kier alpha value is -2.51. The molecule has 0 fully saturated rings. The summed E-state index contributed by atoms with van der Waals surface area (Å²) in [6.45, 7) is 0.562. The van der Waals surface area contributed by atoms with Crippen LogP contribution in [0.15, 0.2) is 42.5 Å². The zero-order valence-corrected chi connectivity index (χ0v) is 11.7. The van der Waals surface area contributed by atoms with Crippen LogP contribution in [0.25, 0.3) is 0 Å². The van der Waals surface area contributed by atoms with Gasteiger partial charge in [0, 0.05) is 6.07 Å². The summed E-state index contributed by atoms with van der Waals surface area (Å²) in [6, 6.07) is 12.1. The average Bonchev–Trinajstić information content (AvgIpc) is 2.52. The Morgan fingerprint density at radius 1 is 1.10 bits per heavy atom. The standard InChI is InChI=1S/C17H16FNO2/c1-20-15-7-4-13(5-8-15)12-21-16-9-6-14(3-2-10-19)17(18)11-16/h4-9,11H,10,12,19H2,1H3. The number of ether oxygens (including phenoxy) is 2. The fourth-order valence-electron chi connectivity index (χ4n) is 1.72. The van der Waals surface area contributed by atoms with Crippen molar-refractivity contribution in [3.05, 3.63) is 59.4 Å². The molecule has 0 saturated carbocycles. The SMILES string of the molecule is COc1ccc(COc2ccc(C#CCN)c(F)c2)cc1. The van der Waals surface area contributed by atoms with Crippen molar-refractivity contribution < 1.29 is 13.9 Å². The van der Waals surface area contributed by atoms with Crippen molar-refractivity contribution >= 4 is 0 Å². The molecule has 2 N–H and O–H groups in total. The molecule has 3 nitrogen and oxygen atoms in total. The molecular formula is C17H16FNO2. The van der Waals surface area contributed by atoms with Crippen LogP contribution >= 0.6 is 0 Å². The Balaban J connectivity index is 2.01. The van der Waals surface area contributed by atoms with Gasteiger partial charge >= 0.3 is 0 Å². The van der Waals surface area contributed by atoms with Gasteiger partial charge in [0.15, 0.2) is 0 Å². The molecule has 0 radical (unpaired) electrons. The van der Waals surface area contributed by atoms with Crippen LogP contribution in [0, 0.1) is 17.7 Å². The second-order valence-electron chi connectivity index (χ2n) is 4.28. The van der Waals surface area contributed by atoms with E-state index in [1.807, 2.05) is 24.3 Å². The fourth-order valence-corrected chi connectivity index (χ4v) is 1.72. The third kappa shape index (κ3) is 4.23. The first kappa shape index (κ1) is 14.9. The third-order valence-electron chi connectivity index (χ3n) is 2.83. The molecule has 0 amide bonds. The topological polar surface area (TPSA) is 44.5 Å². The highest BCUT2D eigenvalue weighted by Crippen LogP contribution is 2.18. The molecule has 0 saturated heterocycles. The van der Waals surface area contributed by atoms with Gasteiger partial charge in [-0.25, -0.2) is 4.39 Å². The minimum atomic E-state index is -0.414. The molecule has 0 aliphatic heterocycles. The Morgan fingerprint density at radius 3 is 2.43 bits per heavy atom. The Kier molecular flexibility index (Phi) is 5.19. The number of nitrogens with two attached hydrogens (primary N) is 1. The maximum absolute atomic E-state index is 13.8. The summed E-state index contributed by atoms with van der Waals surface area (Å²) in [5, 5.41) is 0. The lowest BCUT2D eigenvalue weighted by molar-refractivity contribution is 0.304. The van der Waals surface area contributed by atoms with E-state index in [9.17, 15) is 4.39 Å². The van der Waals surface area contributed by atoms with Crippen LogP contribution in [-0.2, 0) is 6.61 Å². The van der Waals surface area contributed by atoms with Gasteiger partial charge in [-0.1, -0.05) is 24.0 Å². The van der Waals surface area contributed by atoms with Gasteiger partial charge in [-0.15, -0.1) is 0 Å². The molecule has 0 atom stereocenters. The summed E-state index contributed by atoms with van der Waals surface area (Å²) >= 11 is 0. The van der Waals surface area contributed by atoms with E-state index in [0.29, 0.717) is 17.9 Å². The summed E-state index contributed by atoms with van der Waals surface area (Å²) in [7, 11) is 1.61. The smallest absolute Gasteiger partial charge is 0.142 e. The zero-order valence-electron chi connectivity index (χ0n) is 11.7. The molecular weight excluding hydrogens is 269 g/mol. The number of hydrogen-bond donors (Lipinski definition) is 1. The second kappa shape index (κ2) is 7.32. The van der Waals surface area contributed by atoms with Crippen molar-refractivity contribution in [3.8, 4) is 23.3 Å². The first-order valence-corrected chi connectivity index (χ1v) is 6.47. The van der Waals surface area contributed by atoms with E-state index < -0.39 is 5.82 Å². The van der Waals surface area contributed by atoms with E-state index in [-0.39, 0.29) is 6.54 Å². The molecule has 0 aromatic heterocycles. The molecule has 0 aliphatic carbocycles. The van der Waals surface area contributed by atoms with Crippen molar-refractivity contribution in [1.82, 2.24) is 0 Å². The van der Waals surface area contributed by atoms with Crippen LogP contribution in [0.4, 0.5) is 4.39 Å². The summed E-state index contributed by atoms with van der Waals surface area (Å²) in [6.07, 6.45) is 0. The molecule has 0 aliphatic rings. The average molecular weight is 285 g/mol. The van der Waals surface area contributed by atoms with Gasteiger partial charge in [-0.3, -0.25) is 0 Å². The summed E-state index contributed by atoms with van der Waals surface area (Å²) in [5.41, 5.74) is 6.55. The lowest BCUT2D eigenvalue weighted by atomic mass is 10.2. The maximum Gasteiger partial charge on any atom is 0.142 e. The van der Waals surface area contributed by atoms with Crippen molar-refractivity contribution in [3.63, 3.8) is 0 Å². The largest absolute Gasteiger partial charge is 0.497 e. The summed E-state index contributed by atoms with van der Waals surface area (Å²) < 4.78 is 24.4. The maximum atomic E-state index is 13.8. The highest BCUT2D eigenvalue weighted by atomic mass is 19.1. The van der Waals surface area contributed by atoms with Gasteiger partial charge in [-0.05, 0) is 29.8 Å². The molecule has 108 valence electrons. The molecule has 2 rings (SSSR count). The third-order valence-corrected chi connectivity index (χ3v) is 2.83. The van der Waals surface area contributed by atoms with Crippen LogP contribution in [0.3, 0.4) is 0 Å². The second-order valence-corrected chi connectivity index (χ2v) is 4.28. The summed E-state index contributed by atoms with van der Waals surface area (Å²) in [4.78, 5) is 0. The molecule has 0 bridgehead atoms. The first-order valence-electron chi connectivity index (χ1n) is 6.47. The number of rotatable bonds is 4. The quantitative estimate of drug-likeness (QED) is 0.878. The zero-order chi connectivity index (χ0) is 15.1. The lowest BCUT2D eigenvalue weighted by Crippen LogP contribution is -1.97. The minimum absolute atomic E-state index is 0.204.